The number of hydrogen-bond donors (Lipinski definition) is 1. The van der Waals surface area contributed by atoms with Crippen molar-refractivity contribution in [1.82, 2.24) is 29.1 Å². The number of H-pyrrole nitrogens is 1. The molecule has 0 atom stereocenters. The average Bonchev–Trinajstić information content (AvgIpc) is 3.32. The Kier molecular flexibility index (Phi) is 4.86. The van der Waals surface area contributed by atoms with Crippen molar-refractivity contribution in [3.8, 4) is 11.7 Å². The highest BCUT2D eigenvalue weighted by molar-refractivity contribution is 6.33. The van der Waals surface area contributed by atoms with Gasteiger partial charge in [0.1, 0.15) is 17.7 Å². The van der Waals surface area contributed by atoms with E-state index in [1.54, 1.807) is 13.0 Å². The molecule has 0 aliphatic heterocycles. The van der Waals surface area contributed by atoms with Gasteiger partial charge in [0.2, 0.25) is 5.95 Å². The molecule has 0 amide bonds. The second-order valence-electron chi connectivity index (χ2n) is 6.94. The lowest BCUT2D eigenvalue weighted by Gasteiger charge is -2.12. The normalized spacial score (nSPS) is 11.5. The van der Waals surface area contributed by atoms with Crippen LogP contribution in [0.1, 0.15) is 12.5 Å². The van der Waals surface area contributed by atoms with Crippen LogP contribution in [0.4, 0.5) is 8.78 Å². The van der Waals surface area contributed by atoms with E-state index in [1.165, 1.54) is 45.8 Å². The van der Waals surface area contributed by atoms with Crippen molar-refractivity contribution in [3.63, 3.8) is 0 Å². The predicted octanol–water partition coefficient (Wildman–Crippen LogP) is 3.84. The summed E-state index contributed by atoms with van der Waals surface area (Å²) >= 11 is 6.33. The number of halogens is 3. The van der Waals surface area contributed by atoms with Crippen molar-refractivity contribution in [2.75, 3.05) is 6.61 Å². The fraction of sp³-hybridized carbons (Fsp3) is 0.143. The molecular weight excluding hydrogens is 442 g/mol. The van der Waals surface area contributed by atoms with E-state index < -0.39 is 17.3 Å². The molecule has 0 bridgehead atoms. The Morgan fingerprint density at radius 1 is 1.19 bits per heavy atom. The van der Waals surface area contributed by atoms with Gasteiger partial charge in [-0.05, 0) is 25.1 Å². The molecular formula is C21H15ClF2N6O2. The molecule has 5 aromatic rings. The molecule has 0 saturated heterocycles. The summed E-state index contributed by atoms with van der Waals surface area (Å²) in [5, 5.41) is 0.00313. The molecule has 32 heavy (non-hydrogen) atoms. The van der Waals surface area contributed by atoms with Crippen molar-refractivity contribution in [2.24, 2.45) is 0 Å². The molecule has 0 spiro atoms. The largest absolute Gasteiger partial charge is 0.490 e. The summed E-state index contributed by atoms with van der Waals surface area (Å²) < 4.78 is 36.3. The van der Waals surface area contributed by atoms with Gasteiger partial charge in [-0.2, -0.15) is 9.97 Å². The van der Waals surface area contributed by atoms with Gasteiger partial charge in [-0.15, -0.1) is 0 Å². The molecule has 5 rings (SSSR count). The first kappa shape index (κ1) is 20.1. The Morgan fingerprint density at radius 3 is 2.84 bits per heavy atom. The number of aromatic nitrogens is 6. The Bertz CT molecular complexity index is 1540. The number of para-hydroxylation sites is 1. The first-order valence-corrected chi connectivity index (χ1v) is 10.0. The van der Waals surface area contributed by atoms with E-state index in [1.807, 2.05) is 0 Å². The zero-order valence-corrected chi connectivity index (χ0v) is 17.4. The number of ether oxygens (including phenoxy) is 1. The zero-order chi connectivity index (χ0) is 22.4. The van der Waals surface area contributed by atoms with Crippen LogP contribution in [-0.2, 0) is 6.54 Å². The Hall–Kier alpha value is -3.79. The first-order valence-electron chi connectivity index (χ1n) is 9.65. The summed E-state index contributed by atoms with van der Waals surface area (Å²) in [5.41, 5.74) is 1.37. The number of fused-ring (bicyclic) bond motifs is 2. The minimum absolute atomic E-state index is 0.00313. The fourth-order valence-electron chi connectivity index (χ4n) is 3.53. The summed E-state index contributed by atoms with van der Waals surface area (Å²) in [6.07, 6.45) is 1.44. The van der Waals surface area contributed by atoms with E-state index in [9.17, 15) is 13.6 Å². The molecule has 8 nitrogen and oxygen atoms in total. The second-order valence-corrected chi connectivity index (χ2v) is 7.30. The predicted molar refractivity (Wildman–Crippen MR) is 114 cm³/mol. The van der Waals surface area contributed by atoms with Gasteiger partial charge in [-0.3, -0.25) is 9.13 Å². The van der Waals surface area contributed by atoms with Crippen LogP contribution in [0.2, 0.25) is 5.15 Å². The van der Waals surface area contributed by atoms with Crippen LogP contribution in [0.5, 0.6) is 5.75 Å². The van der Waals surface area contributed by atoms with E-state index in [2.05, 4.69) is 19.9 Å². The molecule has 3 aromatic heterocycles. The van der Waals surface area contributed by atoms with Crippen LogP contribution in [0, 0.1) is 11.6 Å². The number of imidazole rings is 2. The summed E-state index contributed by atoms with van der Waals surface area (Å²) in [5.74, 6) is -0.808. The lowest BCUT2D eigenvalue weighted by atomic mass is 10.2. The van der Waals surface area contributed by atoms with Crippen LogP contribution in [0.3, 0.4) is 0 Å². The molecule has 0 aliphatic carbocycles. The van der Waals surface area contributed by atoms with Crippen LogP contribution in [-0.4, -0.2) is 35.7 Å². The molecule has 0 aliphatic rings. The van der Waals surface area contributed by atoms with Gasteiger partial charge in [0, 0.05) is 11.6 Å². The molecule has 0 radical (unpaired) electrons. The number of rotatable bonds is 5. The van der Waals surface area contributed by atoms with Gasteiger partial charge in [0.05, 0.1) is 24.2 Å². The van der Waals surface area contributed by atoms with E-state index in [4.69, 9.17) is 16.3 Å². The topological polar surface area (TPSA) is 90.6 Å². The highest BCUT2D eigenvalue weighted by atomic mass is 35.5. The van der Waals surface area contributed by atoms with E-state index >= 15 is 0 Å². The number of nitrogens with zero attached hydrogens (tertiary/aromatic N) is 5. The van der Waals surface area contributed by atoms with Gasteiger partial charge in [-0.25, -0.2) is 18.6 Å². The van der Waals surface area contributed by atoms with Crippen molar-refractivity contribution in [2.45, 2.75) is 13.5 Å². The highest BCUT2D eigenvalue weighted by Gasteiger charge is 2.19. The Balaban J connectivity index is 1.68. The molecule has 0 saturated carbocycles. The van der Waals surface area contributed by atoms with E-state index in [0.29, 0.717) is 16.6 Å². The Morgan fingerprint density at radius 2 is 2.03 bits per heavy atom. The maximum absolute atomic E-state index is 14.3. The minimum Gasteiger partial charge on any atom is -0.490 e. The van der Waals surface area contributed by atoms with E-state index in [-0.39, 0.29) is 41.2 Å². The number of nitrogens with one attached hydrogen (secondary N) is 1. The van der Waals surface area contributed by atoms with Gasteiger partial charge in [0.15, 0.2) is 22.4 Å². The van der Waals surface area contributed by atoms with Crippen LogP contribution in [0.25, 0.3) is 28.1 Å². The van der Waals surface area contributed by atoms with Gasteiger partial charge >= 0.3 is 5.69 Å². The third-order valence-electron chi connectivity index (χ3n) is 4.96. The molecule has 2 aromatic carbocycles. The van der Waals surface area contributed by atoms with Crippen molar-refractivity contribution >= 4 is 33.8 Å². The highest BCUT2D eigenvalue weighted by Crippen LogP contribution is 2.26. The maximum Gasteiger partial charge on any atom is 0.328 e. The third kappa shape index (κ3) is 3.28. The quantitative estimate of drug-likeness (QED) is 0.406. The van der Waals surface area contributed by atoms with Gasteiger partial charge < -0.3 is 9.72 Å². The average molecular weight is 457 g/mol. The molecule has 1 N–H and O–H groups in total. The smallest absolute Gasteiger partial charge is 0.328 e. The SMILES string of the molecule is CCOc1c(F)cccc1Cn1c(=O)[nH]c2c(Cl)nc(-n3cnc4ccc(F)cc43)nc21. The van der Waals surface area contributed by atoms with Crippen molar-refractivity contribution < 1.29 is 13.5 Å². The number of benzene rings is 2. The lowest BCUT2D eigenvalue weighted by Crippen LogP contribution is -2.18. The molecule has 0 fully saturated rings. The zero-order valence-electron chi connectivity index (χ0n) is 16.6. The summed E-state index contributed by atoms with van der Waals surface area (Å²) in [7, 11) is 0. The molecule has 162 valence electrons. The van der Waals surface area contributed by atoms with Gasteiger partial charge in [-0.1, -0.05) is 23.7 Å². The van der Waals surface area contributed by atoms with Crippen LogP contribution < -0.4 is 10.4 Å². The number of hydrogen-bond acceptors (Lipinski definition) is 5. The monoisotopic (exact) mass is 456 g/mol. The summed E-state index contributed by atoms with van der Waals surface area (Å²) in [4.78, 5) is 28.2. The maximum atomic E-state index is 14.3. The third-order valence-corrected chi connectivity index (χ3v) is 5.23. The van der Waals surface area contributed by atoms with Crippen molar-refractivity contribution in [3.05, 3.63) is 75.6 Å². The molecule has 0 unspecified atom stereocenters. The second kappa shape index (κ2) is 7.72. The lowest BCUT2D eigenvalue weighted by molar-refractivity contribution is 0.317. The standard InChI is InChI=1S/C21H15ClF2N6O2/c1-2-32-17-11(4-3-5-13(17)24)9-29-19-16(26-21(29)31)18(22)27-20(28-19)30-10-25-14-7-6-12(23)8-15(14)30/h3-8,10H,2,9H2,1H3,(H,26,31). The first-order chi connectivity index (χ1) is 15.5. The minimum atomic E-state index is -0.530. The van der Waals surface area contributed by atoms with Crippen LogP contribution >= 0.6 is 11.6 Å². The van der Waals surface area contributed by atoms with Crippen LogP contribution in [0.15, 0.2) is 47.5 Å². The molecule has 3 heterocycles. The Labute approximate surface area is 184 Å². The van der Waals surface area contributed by atoms with E-state index in [0.717, 1.165) is 0 Å². The summed E-state index contributed by atoms with van der Waals surface area (Å²) in [6.45, 7) is 1.99. The summed E-state index contributed by atoms with van der Waals surface area (Å²) in [6, 6.07) is 8.62. The molecule has 11 heteroatoms. The fourth-order valence-corrected chi connectivity index (χ4v) is 3.74. The van der Waals surface area contributed by atoms with Gasteiger partial charge in [0.25, 0.3) is 0 Å². The number of aromatic amines is 1. The van der Waals surface area contributed by atoms with Crippen molar-refractivity contribution in [1.29, 1.82) is 0 Å².